The molecule has 100 valence electrons. The van der Waals surface area contributed by atoms with Crippen molar-refractivity contribution >= 4 is 17.9 Å². The lowest BCUT2D eigenvalue weighted by atomic mass is 9.94. The minimum Gasteiger partial charge on any atom is -0.478 e. The Bertz CT molecular complexity index is 382. The molecule has 0 rings (SSSR count). The summed E-state index contributed by atoms with van der Waals surface area (Å²) in [5.41, 5.74) is -0.466. The molecule has 0 saturated carbocycles. The van der Waals surface area contributed by atoms with Gasteiger partial charge in [0.05, 0.1) is 5.57 Å². The Hall–Kier alpha value is -2.11. The highest BCUT2D eigenvalue weighted by atomic mass is 16.5. The van der Waals surface area contributed by atoms with Crippen molar-refractivity contribution in [3.63, 3.8) is 0 Å². The van der Waals surface area contributed by atoms with Gasteiger partial charge in [0, 0.05) is 12.2 Å². The van der Waals surface area contributed by atoms with Gasteiger partial charge in [-0.15, -0.1) is 0 Å². The molecule has 0 saturated heterocycles. The summed E-state index contributed by atoms with van der Waals surface area (Å²) in [5.74, 6) is -3.96. The molecular formula is C12H16O6. The van der Waals surface area contributed by atoms with Crippen LogP contribution >= 0.6 is 0 Å². The van der Waals surface area contributed by atoms with E-state index < -0.39 is 29.6 Å². The normalized spacial score (nSPS) is 14.4. The highest BCUT2D eigenvalue weighted by Gasteiger charge is 2.29. The first-order chi connectivity index (χ1) is 8.33. The van der Waals surface area contributed by atoms with Crippen LogP contribution in [0.3, 0.4) is 0 Å². The molecule has 0 aromatic rings. The number of ether oxygens (including phenoxy) is 1. The van der Waals surface area contributed by atoms with Gasteiger partial charge in [-0.3, -0.25) is 0 Å². The van der Waals surface area contributed by atoms with E-state index in [9.17, 15) is 14.4 Å². The predicted molar refractivity (Wildman–Crippen MR) is 62.9 cm³/mol. The van der Waals surface area contributed by atoms with Crippen LogP contribution in [0, 0.1) is 5.92 Å². The third kappa shape index (κ3) is 4.82. The van der Waals surface area contributed by atoms with E-state index in [1.807, 2.05) is 0 Å². The predicted octanol–water partition coefficient (Wildman–Crippen LogP) is 1.23. The summed E-state index contributed by atoms with van der Waals surface area (Å²) < 4.78 is 4.91. The minimum atomic E-state index is -1.43. The fraction of sp³-hybridized carbons (Fsp3) is 0.417. The summed E-state index contributed by atoms with van der Waals surface area (Å²) in [6.45, 7) is 6.65. The lowest BCUT2D eigenvalue weighted by molar-refractivity contribution is -0.146. The smallest absolute Gasteiger partial charge is 0.335 e. The van der Waals surface area contributed by atoms with Crippen molar-refractivity contribution in [2.45, 2.75) is 26.4 Å². The highest BCUT2D eigenvalue weighted by Crippen LogP contribution is 2.20. The Morgan fingerprint density at radius 2 is 1.89 bits per heavy atom. The van der Waals surface area contributed by atoms with Gasteiger partial charge in [-0.25, -0.2) is 14.4 Å². The summed E-state index contributed by atoms with van der Waals surface area (Å²) in [6, 6.07) is 0. The lowest BCUT2D eigenvalue weighted by Crippen LogP contribution is -2.30. The second-order valence-electron chi connectivity index (χ2n) is 3.69. The van der Waals surface area contributed by atoms with Crippen LogP contribution in [-0.4, -0.2) is 34.2 Å². The number of rotatable bonds is 7. The van der Waals surface area contributed by atoms with Crippen molar-refractivity contribution < 1.29 is 29.3 Å². The van der Waals surface area contributed by atoms with Crippen LogP contribution in [0.15, 0.2) is 24.3 Å². The van der Waals surface area contributed by atoms with Gasteiger partial charge in [0.2, 0.25) is 0 Å². The average Bonchev–Trinajstić information content (AvgIpc) is 2.31. The molecule has 0 radical (unpaired) electrons. The first-order valence-corrected chi connectivity index (χ1v) is 5.34. The van der Waals surface area contributed by atoms with E-state index in [1.165, 1.54) is 0 Å². The molecule has 0 aliphatic heterocycles. The van der Waals surface area contributed by atoms with E-state index in [2.05, 4.69) is 6.58 Å². The van der Waals surface area contributed by atoms with Crippen molar-refractivity contribution in [1.82, 2.24) is 0 Å². The van der Waals surface area contributed by atoms with Gasteiger partial charge < -0.3 is 14.9 Å². The van der Waals surface area contributed by atoms with Crippen molar-refractivity contribution in [2.24, 2.45) is 5.92 Å². The first-order valence-electron chi connectivity index (χ1n) is 5.34. The lowest BCUT2D eigenvalue weighted by Gasteiger charge is -2.23. The first kappa shape index (κ1) is 15.9. The number of hydrogen-bond acceptors (Lipinski definition) is 4. The summed E-state index contributed by atoms with van der Waals surface area (Å²) in [4.78, 5) is 32.7. The largest absolute Gasteiger partial charge is 0.478 e. The molecule has 0 aliphatic carbocycles. The van der Waals surface area contributed by atoms with Gasteiger partial charge in [0.25, 0.3) is 0 Å². The molecule has 2 atom stereocenters. The van der Waals surface area contributed by atoms with E-state index in [4.69, 9.17) is 14.9 Å². The number of esters is 1. The minimum absolute atomic E-state index is 0.324. The Labute approximate surface area is 105 Å². The van der Waals surface area contributed by atoms with Gasteiger partial charge in [0.1, 0.15) is 6.10 Å². The zero-order valence-electron chi connectivity index (χ0n) is 10.3. The third-order valence-electron chi connectivity index (χ3n) is 2.40. The molecule has 2 N–H and O–H groups in total. The maximum Gasteiger partial charge on any atom is 0.335 e. The van der Waals surface area contributed by atoms with E-state index in [-0.39, 0.29) is 5.92 Å². The number of carbonyl (C=O) groups excluding carboxylic acids is 1. The molecule has 0 aromatic heterocycles. The van der Waals surface area contributed by atoms with Crippen LogP contribution in [0.2, 0.25) is 0 Å². The quantitative estimate of drug-likeness (QED) is 0.524. The standard InChI is InChI=1S/C12H16O6/c1-4-7(3)11(18-10(15)5-2)8(12(16)17)6-9(13)14/h5-7,11H,2,4H2,1,3H3,(H,13,14)(H,16,17)/b8-6-. The van der Waals surface area contributed by atoms with Gasteiger partial charge in [-0.05, 0) is 12.3 Å². The van der Waals surface area contributed by atoms with Crippen LogP contribution in [0.5, 0.6) is 0 Å². The fourth-order valence-corrected chi connectivity index (χ4v) is 1.27. The number of carbonyl (C=O) groups is 3. The van der Waals surface area contributed by atoms with Crippen LogP contribution in [0.1, 0.15) is 20.3 Å². The molecule has 6 nitrogen and oxygen atoms in total. The number of carboxylic acid groups (broad SMARTS) is 2. The molecule has 0 aromatic carbocycles. The molecule has 0 amide bonds. The SMILES string of the molecule is C=CC(=O)OC(/C(=C/C(=O)O)C(=O)O)C(C)CC. The van der Waals surface area contributed by atoms with E-state index >= 15 is 0 Å². The average molecular weight is 256 g/mol. The molecule has 0 aliphatic rings. The maximum atomic E-state index is 11.1. The summed E-state index contributed by atoms with van der Waals surface area (Å²) in [7, 11) is 0. The van der Waals surface area contributed by atoms with Gasteiger partial charge in [0.15, 0.2) is 0 Å². The van der Waals surface area contributed by atoms with E-state index in [1.54, 1.807) is 13.8 Å². The third-order valence-corrected chi connectivity index (χ3v) is 2.40. The Balaban J connectivity index is 5.36. The monoisotopic (exact) mass is 256 g/mol. The number of aliphatic carboxylic acids is 2. The molecule has 0 fully saturated rings. The molecule has 2 unspecified atom stereocenters. The highest BCUT2D eigenvalue weighted by molar-refractivity contribution is 5.96. The van der Waals surface area contributed by atoms with Crippen LogP contribution in [-0.2, 0) is 19.1 Å². The van der Waals surface area contributed by atoms with E-state index in [0.717, 1.165) is 6.08 Å². The Morgan fingerprint density at radius 1 is 1.33 bits per heavy atom. The topological polar surface area (TPSA) is 101 Å². The molecule has 0 heterocycles. The molecule has 0 spiro atoms. The van der Waals surface area contributed by atoms with Gasteiger partial charge in [-0.2, -0.15) is 0 Å². The molecule has 18 heavy (non-hydrogen) atoms. The van der Waals surface area contributed by atoms with Crippen LogP contribution in [0.4, 0.5) is 0 Å². The summed E-state index contributed by atoms with van der Waals surface area (Å²) in [6.07, 6.45) is 0.846. The molecule has 6 heteroatoms. The second kappa shape index (κ2) is 7.26. The summed E-state index contributed by atoms with van der Waals surface area (Å²) >= 11 is 0. The molecule has 0 bridgehead atoms. The Kier molecular flexibility index (Phi) is 6.41. The fourth-order valence-electron chi connectivity index (χ4n) is 1.27. The Morgan fingerprint density at radius 3 is 2.22 bits per heavy atom. The van der Waals surface area contributed by atoms with Crippen molar-refractivity contribution in [2.75, 3.05) is 0 Å². The van der Waals surface area contributed by atoms with Crippen molar-refractivity contribution in [3.05, 3.63) is 24.3 Å². The van der Waals surface area contributed by atoms with Crippen LogP contribution < -0.4 is 0 Å². The van der Waals surface area contributed by atoms with Crippen molar-refractivity contribution in [3.8, 4) is 0 Å². The second-order valence-corrected chi connectivity index (χ2v) is 3.69. The summed E-state index contributed by atoms with van der Waals surface area (Å²) in [5, 5.41) is 17.6. The number of carboxylic acids is 2. The van der Waals surface area contributed by atoms with E-state index in [0.29, 0.717) is 12.5 Å². The zero-order chi connectivity index (χ0) is 14.3. The van der Waals surface area contributed by atoms with Gasteiger partial charge in [-0.1, -0.05) is 20.4 Å². The van der Waals surface area contributed by atoms with Crippen LogP contribution in [0.25, 0.3) is 0 Å². The zero-order valence-corrected chi connectivity index (χ0v) is 10.3. The van der Waals surface area contributed by atoms with Gasteiger partial charge >= 0.3 is 17.9 Å². The van der Waals surface area contributed by atoms with Crippen molar-refractivity contribution in [1.29, 1.82) is 0 Å². The number of hydrogen-bond donors (Lipinski definition) is 2. The maximum absolute atomic E-state index is 11.1. The molecular weight excluding hydrogens is 240 g/mol.